The van der Waals surface area contributed by atoms with Crippen molar-refractivity contribution < 1.29 is 0 Å². The number of nitrogens with zero attached hydrogens (tertiary/aromatic N) is 1. The van der Waals surface area contributed by atoms with Crippen LogP contribution in [0.3, 0.4) is 0 Å². The summed E-state index contributed by atoms with van der Waals surface area (Å²) in [7, 11) is 2.03. The van der Waals surface area contributed by atoms with E-state index in [0.717, 1.165) is 11.6 Å². The Balaban J connectivity index is 2.69. The molecule has 0 saturated heterocycles. The molecule has 0 spiro atoms. The minimum absolute atomic E-state index is 0.0710. The zero-order valence-electron chi connectivity index (χ0n) is 10.6. The average molecular weight is 254 g/mol. The molecule has 0 heterocycles. The van der Waals surface area contributed by atoms with Crippen LogP contribution < -0.4 is 5.73 Å². The van der Waals surface area contributed by atoms with Crippen LogP contribution in [0.2, 0.25) is 5.02 Å². The van der Waals surface area contributed by atoms with E-state index in [-0.39, 0.29) is 17.8 Å². The fourth-order valence-corrected chi connectivity index (χ4v) is 1.91. The van der Waals surface area contributed by atoms with Crippen molar-refractivity contribution in [3.05, 3.63) is 34.9 Å². The van der Waals surface area contributed by atoms with Gasteiger partial charge in [-0.05, 0) is 31.7 Å². The van der Waals surface area contributed by atoms with Crippen LogP contribution in [0.1, 0.15) is 25.5 Å². The largest absolute Gasteiger partial charge is 0.387 e. The molecular formula is C13H20ClN3. The third-order valence-electron chi connectivity index (χ3n) is 3.09. The predicted molar refractivity (Wildman–Crippen MR) is 73.6 cm³/mol. The first-order valence-electron chi connectivity index (χ1n) is 5.71. The van der Waals surface area contributed by atoms with Gasteiger partial charge in [0.05, 0.1) is 5.84 Å². The molecule has 2 atom stereocenters. The lowest BCUT2D eigenvalue weighted by molar-refractivity contribution is 0.246. The van der Waals surface area contributed by atoms with Gasteiger partial charge < -0.3 is 5.73 Å². The highest BCUT2D eigenvalue weighted by atomic mass is 35.5. The minimum Gasteiger partial charge on any atom is -0.387 e. The Morgan fingerprint density at radius 3 is 2.65 bits per heavy atom. The van der Waals surface area contributed by atoms with Crippen molar-refractivity contribution in [2.75, 3.05) is 13.6 Å². The van der Waals surface area contributed by atoms with Crippen molar-refractivity contribution in [3.8, 4) is 0 Å². The van der Waals surface area contributed by atoms with Crippen molar-refractivity contribution in [2.45, 2.75) is 19.9 Å². The summed E-state index contributed by atoms with van der Waals surface area (Å²) in [6, 6.07) is 8.12. The second-order valence-corrected chi connectivity index (χ2v) is 4.96. The first-order valence-corrected chi connectivity index (χ1v) is 6.09. The lowest BCUT2D eigenvalue weighted by atomic mass is 10.1. The predicted octanol–water partition coefficient (Wildman–Crippen LogP) is 2.90. The van der Waals surface area contributed by atoms with Gasteiger partial charge in [0.25, 0.3) is 0 Å². The average Bonchev–Trinajstić information content (AvgIpc) is 2.27. The molecular weight excluding hydrogens is 234 g/mol. The van der Waals surface area contributed by atoms with Gasteiger partial charge in [0, 0.05) is 23.5 Å². The molecule has 0 aromatic heterocycles. The lowest BCUT2D eigenvalue weighted by Gasteiger charge is -2.27. The van der Waals surface area contributed by atoms with Gasteiger partial charge in [-0.1, -0.05) is 30.7 Å². The maximum atomic E-state index is 7.40. The molecule has 0 aliphatic heterocycles. The Hall–Kier alpha value is -1.06. The number of benzene rings is 1. The van der Waals surface area contributed by atoms with E-state index in [9.17, 15) is 0 Å². The van der Waals surface area contributed by atoms with E-state index in [4.69, 9.17) is 22.7 Å². The molecule has 4 heteroatoms. The molecule has 0 fully saturated rings. The monoisotopic (exact) mass is 253 g/mol. The number of nitrogens with two attached hydrogens (primary N) is 1. The lowest BCUT2D eigenvalue weighted by Crippen LogP contribution is -2.33. The van der Waals surface area contributed by atoms with Gasteiger partial charge in [0.2, 0.25) is 0 Å². The Morgan fingerprint density at radius 2 is 2.12 bits per heavy atom. The van der Waals surface area contributed by atoms with E-state index < -0.39 is 0 Å². The molecule has 0 saturated carbocycles. The summed E-state index contributed by atoms with van der Waals surface area (Å²) < 4.78 is 0. The summed E-state index contributed by atoms with van der Waals surface area (Å²) in [6.45, 7) is 4.85. The Morgan fingerprint density at radius 1 is 1.47 bits per heavy atom. The summed E-state index contributed by atoms with van der Waals surface area (Å²) in [5.41, 5.74) is 6.66. The number of amidine groups is 1. The summed E-state index contributed by atoms with van der Waals surface area (Å²) >= 11 is 5.98. The summed E-state index contributed by atoms with van der Waals surface area (Å²) in [4.78, 5) is 2.18. The zero-order valence-corrected chi connectivity index (χ0v) is 11.3. The highest BCUT2D eigenvalue weighted by Gasteiger charge is 2.15. The molecule has 17 heavy (non-hydrogen) atoms. The highest BCUT2D eigenvalue weighted by Crippen LogP contribution is 2.22. The normalized spacial score (nSPS) is 14.6. The fraction of sp³-hybridized carbons (Fsp3) is 0.462. The SMILES string of the molecule is CC(CN(C)C(C)c1cccc(Cl)c1)C(=N)N. The van der Waals surface area contributed by atoms with E-state index in [0.29, 0.717) is 0 Å². The van der Waals surface area contributed by atoms with Crippen LogP contribution >= 0.6 is 11.6 Å². The van der Waals surface area contributed by atoms with Crippen LogP contribution in [0.4, 0.5) is 0 Å². The first kappa shape index (κ1) is 14.0. The molecule has 1 aromatic rings. The number of hydrogen-bond acceptors (Lipinski definition) is 2. The molecule has 0 radical (unpaired) electrons. The van der Waals surface area contributed by atoms with Crippen LogP contribution in [-0.4, -0.2) is 24.3 Å². The van der Waals surface area contributed by atoms with Crippen molar-refractivity contribution in [3.63, 3.8) is 0 Å². The van der Waals surface area contributed by atoms with Crippen molar-refractivity contribution in [1.82, 2.24) is 4.90 Å². The quantitative estimate of drug-likeness (QED) is 0.626. The number of hydrogen-bond donors (Lipinski definition) is 2. The minimum atomic E-state index is 0.0710. The molecule has 3 N–H and O–H groups in total. The van der Waals surface area contributed by atoms with Crippen LogP contribution in [0.15, 0.2) is 24.3 Å². The fourth-order valence-electron chi connectivity index (χ4n) is 1.71. The topological polar surface area (TPSA) is 53.1 Å². The van der Waals surface area contributed by atoms with E-state index >= 15 is 0 Å². The van der Waals surface area contributed by atoms with E-state index in [1.165, 1.54) is 5.56 Å². The summed E-state index contributed by atoms with van der Waals surface area (Å²) in [6.07, 6.45) is 0. The van der Waals surface area contributed by atoms with Gasteiger partial charge in [-0.15, -0.1) is 0 Å². The molecule has 1 aromatic carbocycles. The van der Waals surface area contributed by atoms with Crippen LogP contribution in [0.25, 0.3) is 0 Å². The van der Waals surface area contributed by atoms with Gasteiger partial charge in [0.15, 0.2) is 0 Å². The van der Waals surface area contributed by atoms with Crippen molar-refractivity contribution in [2.24, 2.45) is 11.7 Å². The molecule has 0 aliphatic carbocycles. The molecule has 0 amide bonds. The van der Waals surface area contributed by atoms with Gasteiger partial charge >= 0.3 is 0 Å². The Bertz CT molecular complexity index is 392. The van der Waals surface area contributed by atoms with Crippen LogP contribution in [-0.2, 0) is 0 Å². The summed E-state index contributed by atoms with van der Waals surface area (Å²) in [5, 5.41) is 8.16. The van der Waals surface area contributed by atoms with E-state index in [2.05, 4.69) is 17.9 Å². The van der Waals surface area contributed by atoms with E-state index in [1.54, 1.807) is 0 Å². The maximum Gasteiger partial charge on any atom is 0.0947 e. The third-order valence-corrected chi connectivity index (χ3v) is 3.32. The van der Waals surface area contributed by atoms with Gasteiger partial charge in [0.1, 0.15) is 0 Å². The number of nitrogens with one attached hydrogen (secondary N) is 1. The van der Waals surface area contributed by atoms with Crippen molar-refractivity contribution >= 4 is 17.4 Å². The highest BCUT2D eigenvalue weighted by molar-refractivity contribution is 6.30. The van der Waals surface area contributed by atoms with Gasteiger partial charge in [-0.3, -0.25) is 10.3 Å². The molecule has 1 rings (SSSR count). The molecule has 2 unspecified atom stereocenters. The summed E-state index contributed by atoms with van der Waals surface area (Å²) in [5.74, 6) is 0.303. The second-order valence-electron chi connectivity index (χ2n) is 4.53. The maximum absolute atomic E-state index is 7.40. The smallest absolute Gasteiger partial charge is 0.0947 e. The first-order chi connectivity index (χ1) is 7.91. The molecule has 3 nitrogen and oxygen atoms in total. The third kappa shape index (κ3) is 4.02. The molecule has 94 valence electrons. The number of halogens is 1. The van der Waals surface area contributed by atoms with Crippen LogP contribution in [0.5, 0.6) is 0 Å². The Labute approximate surface area is 108 Å². The standard InChI is InChI=1S/C13H20ClN3/c1-9(13(15)16)8-17(3)10(2)11-5-4-6-12(14)7-11/h4-7,9-10H,8H2,1-3H3,(H3,15,16). The molecule has 0 bridgehead atoms. The number of rotatable bonds is 5. The van der Waals surface area contributed by atoms with Crippen LogP contribution in [0, 0.1) is 11.3 Å². The van der Waals surface area contributed by atoms with Gasteiger partial charge in [-0.2, -0.15) is 0 Å². The van der Waals surface area contributed by atoms with Gasteiger partial charge in [-0.25, -0.2) is 0 Å². The second kappa shape index (κ2) is 6.03. The zero-order chi connectivity index (χ0) is 13.0. The Kier molecular flexibility index (Phi) is 4.97. The van der Waals surface area contributed by atoms with E-state index in [1.807, 2.05) is 32.2 Å². The van der Waals surface area contributed by atoms with Crippen molar-refractivity contribution in [1.29, 1.82) is 5.41 Å². The molecule has 0 aliphatic rings.